The van der Waals surface area contributed by atoms with Crippen LogP contribution in [0.1, 0.15) is 21.5 Å². The molecule has 0 fully saturated rings. The summed E-state index contributed by atoms with van der Waals surface area (Å²) in [5.74, 6) is -0.318. The lowest BCUT2D eigenvalue weighted by Crippen LogP contribution is -2.02. The van der Waals surface area contributed by atoms with Gasteiger partial charge < -0.3 is 15.2 Å². The summed E-state index contributed by atoms with van der Waals surface area (Å²) in [7, 11) is 0. The van der Waals surface area contributed by atoms with Gasteiger partial charge in [0.1, 0.15) is 30.0 Å². The Hall–Kier alpha value is -4.50. The molecule has 180 valence electrons. The van der Waals surface area contributed by atoms with Gasteiger partial charge >= 0.3 is 5.97 Å². The molecule has 0 saturated heterocycles. The first kappa shape index (κ1) is 23.3. The molecular weight excluding hydrogens is 485 g/mol. The summed E-state index contributed by atoms with van der Waals surface area (Å²) < 4.78 is 20.8. The van der Waals surface area contributed by atoms with E-state index in [1.54, 1.807) is 65.5 Å². The van der Waals surface area contributed by atoms with Crippen molar-refractivity contribution in [3.63, 3.8) is 0 Å². The van der Waals surface area contributed by atoms with Gasteiger partial charge in [-0.25, -0.2) is 19.2 Å². The summed E-state index contributed by atoms with van der Waals surface area (Å²) >= 11 is 6.41. The van der Waals surface area contributed by atoms with E-state index < -0.39 is 5.97 Å². The van der Waals surface area contributed by atoms with Crippen LogP contribution in [0.4, 0.5) is 15.9 Å². The highest BCUT2D eigenvalue weighted by molar-refractivity contribution is 6.32. The maximum Gasteiger partial charge on any atom is 0.335 e. The Morgan fingerprint density at radius 3 is 2.64 bits per heavy atom. The minimum atomic E-state index is -0.969. The Morgan fingerprint density at radius 2 is 1.89 bits per heavy atom. The van der Waals surface area contributed by atoms with Crippen molar-refractivity contribution in [3.8, 4) is 5.75 Å². The number of carboxylic acids is 1. The molecule has 0 saturated carbocycles. The third-order valence-electron chi connectivity index (χ3n) is 5.37. The van der Waals surface area contributed by atoms with Crippen LogP contribution >= 0.6 is 11.6 Å². The Morgan fingerprint density at radius 1 is 1.06 bits per heavy atom. The Labute approximate surface area is 210 Å². The third-order valence-corrected chi connectivity index (χ3v) is 5.67. The van der Waals surface area contributed by atoms with Gasteiger partial charge in [0.05, 0.1) is 23.3 Å². The van der Waals surface area contributed by atoms with E-state index in [4.69, 9.17) is 21.4 Å². The fraction of sp³-hybridized carbons (Fsp3) is 0.0769. The number of carboxylic acid groups (broad SMARTS) is 1. The number of halogens is 2. The van der Waals surface area contributed by atoms with E-state index >= 15 is 0 Å². The molecular formula is C26H19ClFN5O3. The van der Waals surface area contributed by atoms with Crippen LogP contribution < -0.4 is 10.1 Å². The Balaban J connectivity index is 1.30. The highest BCUT2D eigenvalue weighted by Crippen LogP contribution is 2.30. The van der Waals surface area contributed by atoms with Crippen LogP contribution in [0.2, 0.25) is 5.02 Å². The van der Waals surface area contributed by atoms with Gasteiger partial charge in [0.15, 0.2) is 11.3 Å². The minimum Gasteiger partial charge on any atom is -0.487 e. The molecule has 10 heteroatoms. The number of carbonyl (C=O) groups is 1. The SMILES string of the molecule is O=C(O)c1ccc(Cn2cc3ncnc(Nc4ccc(OCc5cccc(F)c5)c(Cl)c4)c3n2)cc1. The lowest BCUT2D eigenvalue weighted by atomic mass is 10.1. The predicted octanol–water partition coefficient (Wildman–Crippen LogP) is 5.69. The normalized spacial score (nSPS) is 10.9. The summed E-state index contributed by atoms with van der Waals surface area (Å²) in [5.41, 5.74) is 3.72. The average molecular weight is 504 g/mol. The van der Waals surface area contributed by atoms with E-state index in [9.17, 15) is 9.18 Å². The van der Waals surface area contributed by atoms with Crippen molar-refractivity contribution < 1.29 is 19.0 Å². The Kier molecular flexibility index (Phi) is 6.46. The number of fused-ring (bicyclic) bond motifs is 1. The zero-order valence-corrected chi connectivity index (χ0v) is 19.5. The van der Waals surface area contributed by atoms with Gasteiger partial charge in [-0.15, -0.1) is 0 Å². The standard InChI is InChI=1S/C26H19ClFN5O3/c27-21-11-20(8-9-23(21)36-14-17-2-1-3-19(28)10-17)31-25-24-22(29-15-30-25)13-33(32-24)12-16-4-6-18(7-5-16)26(34)35/h1-11,13,15H,12,14H2,(H,34,35)(H,29,30,31). The van der Waals surface area contributed by atoms with Gasteiger partial charge in [-0.05, 0) is 53.6 Å². The summed E-state index contributed by atoms with van der Waals surface area (Å²) in [6.07, 6.45) is 3.24. The second kappa shape index (κ2) is 10.0. The first-order chi connectivity index (χ1) is 17.4. The molecule has 0 atom stereocenters. The smallest absolute Gasteiger partial charge is 0.335 e. The number of aromatic nitrogens is 4. The van der Waals surface area contributed by atoms with E-state index in [-0.39, 0.29) is 18.0 Å². The quantitative estimate of drug-likeness (QED) is 0.280. The van der Waals surface area contributed by atoms with Crippen LogP contribution in [-0.4, -0.2) is 30.8 Å². The second-order valence-corrected chi connectivity index (χ2v) is 8.38. The summed E-state index contributed by atoms with van der Waals surface area (Å²) in [5, 5.41) is 17.3. The number of ether oxygens (including phenoxy) is 1. The van der Waals surface area contributed by atoms with Crippen LogP contribution in [0.25, 0.3) is 11.0 Å². The molecule has 0 aliphatic rings. The zero-order valence-electron chi connectivity index (χ0n) is 18.7. The topological polar surface area (TPSA) is 102 Å². The van der Waals surface area contributed by atoms with Crippen molar-refractivity contribution in [2.75, 3.05) is 5.32 Å². The summed E-state index contributed by atoms with van der Waals surface area (Å²) in [4.78, 5) is 19.7. The molecule has 0 radical (unpaired) electrons. The molecule has 0 spiro atoms. The molecule has 0 bridgehead atoms. The highest BCUT2D eigenvalue weighted by atomic mass is 35.5. The number of aromatic carboxylic acids is 1. The number of anilines is 2. The maximum absolute atomic E-state index is 13.4. The number of benzene rings is 3. The number of rotatable bonds is 8. The Bertz CT molecular complexity index is 1560. The van der Waals surface area contributed by atoms with Gasteiger partial charge in [0.25, 0.3) is 0 Å². The molecule has 2 aromatic heterocycles. The maximum atomic E-state index is 13.4. The predicted molar refractivity (Wildman–Crippen MR) is 133 cm³/mol. The van der Waals surface area contributed by atoms with Crippen LogP contribution in [-0.2, 0) is 13.2 Å². The van der Waals surface area contributed by atoms with E-state index in [0.717, 1.165) is 5.56 Å². The van der Waals surface area contributed by atoms with Gasteiger partial charge in [0, 0.05) is 5.69 Å². The lowest BCUT2D eigenvalue weighted by molar-refractivity contribution is 0.0697. The van der Waals surface area contributed by atoms with E-state index in [1.807, 2.05) is 0 Å². The molecule has 8 nitrogen and oxygen atoms in total. The van der Waals surface area contributed by atoms with Crippen LogP contribution in [0.3, 0.4) is 0 Å². The fourth-order valence-electron chi connectivity index (χ4n) is 3.62. The third kappa shape index (κ3) is 5.26. The molecule has 5 rings (SSSR count). The van der Waals surface area contributed by atoms with Crippen LogP contribution in [0, 0.1) is 5.82 Å². The first-order valence-electron chi connectivity index (χ1n) is 10.9. The largest absolute Gasteiger partial charge is 0.487 e. The van der Waals surface area contributed by atoms with E-state index in [1.165, 1.54) is 18.5 Å². The lowest BCUT2D eigenvalue weighted by Gasteiger charge is -2.11. The minimum absolute atomic E-state index is 0.188. The van der Waals surface area contributed by atoms with Crippen LogP contribution in [0.15, 0.2) is 79.3 Å². The number of nitrogens with one attached hydrogen (secondary N) is 1. The van der Waals surface area contributed by atoms with Crippen molar-refractivity contribution in [2.24, 2.45) is 0 Å². The summed E-state index contributed by atoms with van der Waals surface area (Å²) in [6.45, 7) is 0.631. The molecule has 0 aliphatic heterocycles. The van der Waals surface area contributed by atoms with Gasteiger partial charge in [0.2, 0.25) is 0 Å². The molecule has 36 heavy (non-hydrogen) atoms. The van der Waals surface area contributed by atoms with Crippen LogP contribution in [0.5, 0.6) is 5.75 Å². The highest BCUT2D eigenvalue weighted by Gasteiger charge is 2.12. The van der Waals surface area contributed by atoms with Crippen molar-refractivity contribution in [1.29, 1.82) is 0 Å². The van der Waals surface area contributed by atoms with Gasteiger partial charge in [-0.2, -0.15) is 5.10 Å². The van der Waals surface area contributed by atoms with Crippen molar-refractivity contribution >= 4 is 40.1 Å². The first-order valence-corrected chi connectivity index (χ1v) is 11.3. The van der Waals surface area contributed by atoms with E-state index in [2.05, 4.69) is 20.4 Å². The van der Waals surface area contributed by atoms with Gasteiger partial charge in [-0.1, -0.05) is 35.9 Å². The molecule has 2 N–H and O–H groups in total. The molecule has 3 aromatic carbocycles. The van der Waals surface area contributed by atoms with E-state index in [0.29, 0.717) is 45.4 Å². The number of hydrogen-bond donors (Lipinski definition) is 2. The van der Waals surface area contributed by atoms with Crippen molar-refractivity contribution in [3.05, 3.63) is 107 Å². The van der Waals surface area contributed by atoms with Crippen molar-refractivity contribution in [2.45, 2.75) is 13.2 Å². The second-order valence-electron chi connectivity index (χ2n) is 7.97. The molecule has 0 unspecified atom stereocenters. The molecule has 0 aliphatic carbocycles. The number of hydrogen-bond acceptors (Lipinski definition) is 6. The monoisotopic (exact) mass is 503 g/mol. The summed E-state index contributed by atoms with van der Waals surface area (Å²) in [6, 6.07) is 18.0. The molecule has 5 aromatic rings. The van der Waals surface area contributed by atoms with Gasteiger partial charge in [-0.3, -0.25) is 4.68 Å². The van der Waals surface area contributed by atoms with Crippen molar-refractivity contribution in [1.82, 2.24) is 19.7 Å². The average Bonchev–Trinajstić information content (AvgIpc) is 3.27. The fourth-order valence-corrected chi connectivity index (χ4v) is 3.85. The molecule has 2 heterocycles. The zero-order chi connectivity index (χ0) is 25.1. The number of nitrogens with zero attached hydrogens (tertiary/aromatic N) is 4. The molecule has 0 amide bonds.